The highest BCUT2D eigenvalue weighted by Gasteiger charge is 2.19. The molecule has 106 valence electrons. The topological polar surface area (TPSA) is 41.6 Å². The minimum absolute atomic E-state index is 0.172. The SMILES string of the molecule is CC(Cl)c1nc2c(C#N)cccc2n1CCC(C)(C)C. The fourth-order valence-electron chi connectivity index (χ4n) is 2.24. The molecule has 0 amide bonds. The highest BCUT2D eigenvalue weighted by atomic mass is 35.5. The van der Waals surface area contributed by atoms with Crippen molar-refractivity contribution in [2.45, 2.75) is 46.0 Å². The Bertz CT molecular complexity index is 657. The molecule has 0 bridgehead atoms. The first kappa shape index (κ1) is 14.9. The number of nitriles is 1. The highest BCUT2D eigenvalue weighted by molar-refractivity contribution is 6.20. The third-order valence-corrected chi connectivity index (χ3v) is 3.57. The van der Waals surface area contributed by atoms with Crippen LogP contribution < -0.4 is 0 Å². The van der Waals surface area contributed by atoms with Crippen molar-refractivity contribution in [3.05, 3.63) is 29.6 Å². The second-order valence-electron chi connectivity index (χ2n) is 6.33. The number of hydrogen-bond donors (Lipinski definition) is 0. The summed E-state index contributed by atoms with van der Waals surface area (Å²) in [6.07, 6.45) is 1.03. The van der Waals surface area contributed by atoms with Gasteiger partial charge in [-0.3, -0.25) is 0 Å². The Morgan fingerprint density at radius 3 is 2.65 bits per heavy atom. The second-order valence-corrected chi connectivity index (χ2v) is 6.99. The van der Waals surface area contributed by atoms with E-state index in [1.165, 1.54) is 0 Å². The van der Waals surface area contributed by atoms with E-state index in [1.807, 2.05) is 19.1 Å². The number of benzene rings is 1. The van der Waals surface area contributed by atoms with E-state index in [0.717, 1.165) is 29.8 Å². The Balaban J connectivity index is 2.56. The maximum absolute atomic E-state index is 9.20. The number of aromatic nitrogens is 2. The molecule has 0 spiro atoms. The molecule has 1 atom stereocenters. The van der Waals surface area contributed by atoms with Crippen molar-refractivity contribution in [1.29, 1.82) is 5.26 Å². The molecule has 1 heterocycles. The van der Waals surface area contributed by atoms with Crippen molar-refractivity contribution >= 4 is 22.6 Å². The van der Waals surface area contributed by atoms with Crippen molar-refractivity contribution in [3.63, 3.8) is 0 Å². The predicted octanol–water partition coefficient (Wildman–Crippen LogP) is 4.64. The van der Waals surface area contributed by atoms with E-state index >= 15 is 0 Å². The maximum Gasteiger partial charge on any atom is 0.127 e. The summed E-state index contributed by atoms with van der Waals surface area (Å²) in [5.41, 5.74) is 2.61. The standard InChI is InChI=1S/C16H20ClN3/c1-11(17)15-19-14-12(10-18)6-5-7-13(14)20(15)9-8-16(2,3)4/h5-7,11H,8-9H2,1-4H3. The first-order valence-electron chi connectivity index (χ1n) is 6.87. The van der Waals surface area contributed by atoms with Gasteiger partial charge in [-0.05, 0) is 30.9 Å². The Labute approximate surface area is 125 Å². The molecule has 2 rings (SSSR count). The van der Waals surface area contributed by atoms with Crippen molar-refractivity contribution in [1.82, 2.24) is 9.55 Å². The third-order valence-electron chi connectivity index (χ3n) is 3.37. The van der Waals surface area contributed by atoms with Crippen LogP contribution in [0.4, 0.5) is 0 Å². The molecule has 0 aliphatic heterocycles. The van der Waals surface area contributed by atoms with Crippen LogP contribution in [-0.4, -0.2) is 9.55 Å². The van der Waals surface area contributed by atoms with E-state index < -0.39 is 0 Å². The largest absolute Gasteiger partial charge is 0.327 e. The minimum atomic E-state index is -0.172. The van der Waals surface area contributed by atoms with Crippen molar-refractivity contribution in [2.75, 3.05) is 0 Å². The molecule has 0 aliphatic carbocycles. The summed E-state index contributed by atoms with van der Waals surface area (Å²) in [7, 11) is 0. The minimum Gasteiger partial charge on any atom is -0.327 e. The van der Waals surface area contributed by atoms with Crippen LogP contribution in [0.5, 0.6) is 0 Å². The van der Waals surface area contributed by atoms with Crippen LogP contribution in [0, 0.1) is 16.7 Å². The summed E-state index contributed by atoms with van der Waals surface area (Å²) in [5, 5.41) is 9.03. The Morgan fingerprint density at radius 1 is 1.40 bits per heavy atom. The van der Waals surface area contributed by atoms with E-state index in [-0.39, 0.29) is 10.8 Å². The highest BCUT2D eigenvalue weighted by Crippen LogP contribution is 2.28. The number of nitrogens with zero attached hydrogens (tertiary/aromatic N) is 3. The summed E-state index contributed by atoms with van der Waals surface area (Å²) in [4.78, 5) is 4.59. The monoisotopic (exact) mass is 289 g/mol. The van der Waals surface area contributed by atoms with Gasteiger partial charge in [0.15, 0.2) is 0 Å². The van der Waals surface area contributed by atoms with Crippen LogP contribution in [0.15, 0.2) is 18.2 Å². The zero-order valence-electron chi connectivity index (χ0n) is 12.4. The molecule has 0 N–H and O–H groups in total. The van der Waals surface area contributed by atoms with Gasteiger partial charge in [-0.15, -0.1) is 11.6 Å². The number of para-hydroxylation sites is 1. The van der Waals surface area contributed by atoms with Gasteiger partial charge in [-0.1, -0.05) is 26.8 Å². The number of alkyl halides is 1. The van der Waals surface area contributed by atoms with Crippen LogP contribution in [0.1, 0.15) is 50.9 Å². The van der Waals surface area contributed by atoms with E-state index in [1.54, 1.807) is 6.07 Å². The summed E-state index contributed by atoms with van der Waals surface area (Å²) >= 11 is 6.26. The van der Waals surface area contributed by atoms with Crippen LogP contribution in [0.2, 0.25) is 0 Å². The Kier molecular flexibility index (Phi) is 4.06. The molecule has 20 heavy (non-hydrogen) atoms. The summed E-state index contributed by atoms with van der Waals surface area (Å²) in [6.45, 7) is 9.44. The average Bonchev–Trinajstić information content (AvgIpc) is 2.74. The van der Waals surface area contributed by atoms with Gasteiger partial charge in [0.2, 0.25) is 0 Å². The van der Waals surface area contributed by atoms with Gasteiger partial charge in [0, 0.05) is 6.54 Å². The molecule has 1 unspecified atom stereocenters. The second kappa shape index (κ2) is 5.46. The maximum atomic E-state index is 9.20. The Morgan fingerprint density at radius 2 is 2.10 bits per heavy atom. The molecular formula is C16H20ClN3. The smallest absolute Gasteiger partial charge is 0.127 e. The zero-order chi connectivity index (χ0) is 14.9. The van der Waals surface area contributed by atoms with Crippen molar-refractivity contribution in [2.24, 2.45) is 5.41 Å². The van der Waals surface area contributed by atoms with Crippen LogP contribution in [-0.2, 0) is 6.54 Å². The van der Waals surface area contributed by atoms with Crippen LogP contribution in [0.25, 0.3) is 11.0 Å². The van der Waals surface area contributed by atoms with Gasteiger partial charge in [0.25, 0.3) is 0 Å². The Hall–Kier alpha value is -1.53. The zero-order valence-corrected chi connectivity index (χ0v) is 13.2. The molecule has 0 aliphatic rings. The van der Waals surface area contributed by atoms with E-state index in [9.17, 15) is 5.26 Å². The van der Waals surface area contributed by atoms with Crippen molar-refractivity contribution < 1.29 is 0 Å². The molecule has 0 radical (unpaired) electrons. The lowest BCUT2D eigenvalue weighted by Crippen LogP contribution is -2.12. The lowest BCUT2D eigenvalue weighted by molar-refractivity contribution is 0.350. The predicted molar refractivity (Wildman–Crippen MR) is 82.8 cm³/mol. The number of fused-ring (bicyclic) bond motifs is 1. The quantitative estimate of drug-likeness (QED) is 0.772. The number of imidazole rings is 1. The normalized spacial score (nSPS) is 13.4. The lowest BCUT2D eigenvalue weighted by Gasteiger charge is -2.20. The molecule has 0 saturated heterocycles. The molecule has 2 aromatic rings. The fourth-order valence-corrected chi connectivity index (χ4v) is 2.41. The lowest BCUT2D eigenvalue weighted by atomic mass is 9.92. The van der Waals surface area contributed by atoms with Gasteiger partial charge in [0.1, 0.15) is 17.4 Å². The van der Waals surface area contributed by atoms with Gasteiger partial charge in [-0.2, -0.15) is 5.26 Å². The van der Waals surface area contributed by atoms with E-state index in [2.05, 4.69) is 36.4 Å². The fraction of sp³-hybridized carbons (Fsp3) is 0.500. The van der Waals surface area contributed by atoms with Gasteiger partial charge < -0.3 is 4.57 Å². The van der Waals surface area contributed by atoms with Gasteiger partial charge in [0.05, 0.1) is 16.5 Å². The number of aryl methyl sites for hydroxylation is 1. The van der Waals surface area contributed by atoms with Crippen LogP contribution in [0.3, 0.4) is 0 Å². The molecule has 1 aromatic heterocycles. The van der Waals surface area contributed by atoms with E-state index in [4.69, 9.17) is 11.6 Å². The number of hydrogen-bond acceptors (Lipinski definition) is 2. The molecule has 0 fully saturated rings. The van der Waals surface area contributed by atoms with Gasteiger partial charge in [-0.25, -0.2) is 4.98 Å². The van der Waals surface area contributed by atoms with Crippen molar-refractivity contribution in [3.8, 4) is 6.07 Å². The first-order chi connectivity index (χ1) is 9.33. The summed E-state index contributed by atoms with van der Waals surface area (Å²) < 4.78 is 2.15. The summed E-state index contributed by atoms with van der Waals surface area (Å²) in [5.74, 6) is 0.841. The number of halogens is 1. The van der Waals surface area contributed by atoms with Crippen LogP contribution >= 0.6 is 11.6 Å². The molecule has 3 nitrogen and oxygen atoms in total. The molecule has 1 aromatic carbocycles. The molecular weight excluding hydrogens is 270 g/mol. The average molecular weight is 290 g/mol. The molecule has 0 saturated carbocycles. The molecule has 4 heteroatoms. The van der Waals surface area contributed by atoms with Gasteiger partial charge >= 0.3 is 0 Å². The third kappa shape index (κ3) is 2.96. The van der Waals surface area contributed by atoms with E-state index in [0.29, 0.717) is 5.56 Å². The summed E-state index contributed by atoms with van der Waals surface area (Å²) in [6, 6.07) is 7.91. The number of rotatable bonds is 3. The first-order valence-corrected chi connectivity index (χ1v) is 7.30.